The summed E-state index contributed by atoms with van der Waals surface area (Å²) in [5, 5.41) is 63.5. The molecule has 127 heavy (non-hydrogen) atoms. The first-order valence-electron chi connectivity index (χ1n) is 41.4. The number of carbonyl (C=O) groups excluding carboxylic acids is 1. The van der Waals surface area contributed by atoms with Crippen molar-refractivity contribution < 1.29 is 109 Å². The number of halogens is 16. The highest BCUT2D eigenvalue weighted by Crippen LogP contribution is 2.54. The zero-order valence-corrected chi connectivity index (χ0v) is 75.6. The van der Waals surface area contributed by atoms with Gasteiger partial charge < -0.3 is 49.3 Å². The summed E-state index contributed by atoms with van der Waals surface area (Å²) in [6.07, 6.45) is -13.3. The number of nitrogen functional groups attached to an aromatic ring is 1. The lowest BCUT2D eigenvalue weighted by Crippen LogP contribution is -2.47. The number of anilines is 6. The fourth-order valence-electron chi connectivity index (χ4n) is 18.1. The van der Waals surface area contributed by atoms with Gasteiger partial charge in [0.05, 0.1) is 79.9 Å². The van der Waals surface area contributed by atoms with E-state index in [1.54, 1.807) is 20.8 Å². The molecule has 4 N–H and O–H groups in total. The molecule has 5 aromatic rings. The molecule has 0 radical (unpaired) electrons. The van der Waals surface area contributed by atoms with Crippen LogP contribution in [0, 0.1) is 40.5 Å². The van der Waals surface area contributed by atoms with Crippen LogP contribution in [-0.4, -0.2) is 145 Å². The Kier molecular flexibility index (Phi) is 30.9. The highest BCUT2D eigenvalue weighted by molar-refractivity contribution is 7.20. The third-order valence-corrected chi connectivity index (χ3v) is 41.6. The number of aliphatic hydroxyl groups is 2. The lowest BCUT2D eigenvalue weighted by molar-refractivity contribution is -0.388. The summed E-state index contributed by atoms with van der Waals surface area (Å²) in [7, 11) is -5.30. The maximum atomic E-state index is 13.4. The summed E-state index contributed by atoms with van der Waals surface area (Å²) < 4.78 is 210. The molecule has 0 saturated carbocycles. The largest absolute Gasteiger partial charge is 0.423 e. The lowest BCUT2D eigenvalue weighted by Gasteiger charge is -2.40. The van der Waals surface area contributed by atoms with E-state index in [1.807, 2.05) is 4.90 Å². The minimum atomic E-state index is -4.80. The topological polar surface area (TPSA) is 291 Å². The molecule has 10 aliphatic heterocycles. The number of alkyl halides is 15. The predicted octanol–water partition coefficient (Wildman–Crippen LogP) is 24.0. The lowest BCUT2D eigenvalue weighted by atomic mass is 9.98. The van der Waals surface area contributed by atoms with Crippen molar-refractivity contribution in [2.24, 2.45) is 0 Å². The van der Waals surface area contributed by atoms with Crippen molar-refractivity contribution in [2.75, 3.05) is 30.2 Å². The van der Waals surface area contributed by atoms with Crippen molar-refractivity contribution in [2.45, 2.75) is 344 Å². The van der Waals surface area contributed by atoms with E-state index in [-0.39, 0.29) is 120 Å². The number of hydrogen-bond acceptors (Lipinski definition) is 19. The average Bonchev–Trinajstić information content (AvgIpc) is 1.61. The highest BCUT2D eigenvalue weighted by Gasteiger charge is 2.56. The molecule has 0 amide bonds. The summed E-state index contributed by atoms with van der Waals surface area (Å²) in [5.74, 6) is 0.0261. The molecule has 14 unspecified atom stereocenters. The first-order valence-corrected chi connectivity index (χ1v) is 51.2. The molecular formula is C85H116ClF15N10O13Si3. The van der Waals surface area contributed by atoms with Crippen LogP contribution >= 0.6 is 11.1 Å². The molecule has 0 spiro atoms. The van der Waals surface area contributed by atoms with Crippen LogP contribution in [0.1, 0.15) is 201 Å². The Morgan fingerprint density at radius 2 is 0.622 bits per heavy atom. The number of benzene rings is 5. The standard InChI is InChI=1S/C19H27F3N2O3Si.C19H29F3N2OSi.2C13H13F3N2O3.C13H11F3N2O3.C6H15ClSi.2CH4/c1-18(2,3)28(4,5)27-17-11-13-7-9-16(17)23(13)12-6-8-15(24(25)26)14(10-12)19(20,21)22;1-18(2,3)26(4,5)25-17-11-13-7-9-16(17)24(13)12-6-8-15(23)14(10-12)19(20,21)22;3*14-13(15,16)9-5-7(1-3-10(9)18(20)21)17-8-2-4-11(17)12(19)6-8;1-6(2,3)8(4,5)7;;/h6,8,10,13,16-17H,7,9,11H2,1-5H3;6,8,10,13,16-17H,7,9,11,23H2,1-5H3;2*1,3,5,8,11-12,19H,2,4,6H2;1,3,5,8,11H,2,4,6H2;1-5H3;2*1H4. The smallest absolute Gasteiger partial charge is 0.412 e. The highest BCUT2D eigenvalue weighted by atomic mass is 35.6. The van der Waals surface area contributed by atoms with Gasteiger partial charge in [0.1, 0.15) is 22.3 Å². The van der Waals surface area contributed by atoms with E-state index >= 15 is 0 Å². The molecule has 5 aromatic carbocycles. The molecule has 10 saturated heterocycles. The monoisotopic (exact) mass is 1890 g/mol. The van der Waals surface area contributed by atoms with E-state index in [2.05, 4.69) is 106 Å². The summed E-state index contributed by atoms with van der Waals surface area (Å²) in [6.45, 7) is 32.9. The quantitative estimate of drug-likeness (QED) is 0.0246. The number of rotatable bonds is 13. The summed E-state index contributed by atoms with van der Waals surface area (Å²) in [4.78, 5) is 60.2. The number of fused-ring (bicyclic) bond motifs is 10. The number of nitrogens with zero attached hydrogens (tertiary/aromatic N) is 9. The molecular weight excluding hydrogens is 1770 g/mol. The Balaban J connectivity index is 0.000000192. The predicted molar refractivity (Wildman–Crippen MR) is 465 cm³/mol. The normalized spacial score (nSPS) is 25.4. The van der Waals surface area contributed by atoms with Crippen LogP contribution in [0.4, 0.5) is 123 Å². The van der Waals surface area contributed by atoms with Gasteiger partial charge in [-0.1, -0.05) is 90.3 Å². The van der Waals surface area contributed by atoms with Crippen molar-refractivity contribution in [3.63, 3.8) is 0 Å². The van der Waals surface area contributed by atoms with Crippen molar-refractivity contribution >= 4 is 97.8 Å². The van der Waals surface area contributed by atoms with Gasteiger partial charge in [0.15, 0.2) is 29.8 Å². The Morgan fingerprint density at radius 1 is 0.378 bits per heavy atom. The van der Waals surface area contributed by atoms with Crippen LogP contribution in [0.15, 0.2) is 91.0 Å². The number of hydrogen-bond donors (Lipinski definition) is 3. The van der Waals surface area contributed by atoms with Gasteiger partial charge in [-0.05, 0) is 198 Å². The minimum absolute atomic E-state index is 0. The van der Waals surface area contributed by atoms with Crippen LogP contribution in [0.25, 0.3) is 0 Å². The second-order valence-electron chi connectivity index (χ2n) is 38.4. The molecule has 708 valence electrons. The second-order valence-corrected chi connectivity index (χ2v) is 55.2. The molecule has 10 fully saturated rings. The Labute approximate surface area is 736 Å². The van der Waals surface area contributed by atoms with Gasteiger partial charge in [0.25, 0.3) is 22.7 Å². The van der Waals surface area contributed by atoms with E-state index in [0.717, 1.165) is 119 Å². The third kappa shape index (κ3) is 22.6. The maximum Gasteiger partial charge on any atom is 0.423 e. The summed E-state index contributed by atoms with van der Waals surface area (Å²) in [6, 6.07) is 16.3. The molecule has 10 bridgehead atoms. The Morgan fingerprint density at radius 3 is 0.843 bits per heavy atom. The van der Waals surface area contributed by atoms with Gasteiger partial charge in [-0.25, -0.2) is 0 Å². The van der Waals surface area contributed by atoms with E-state index in [9.17, 15) is 121 Å². The number of Topliss-reactive ketones (excluding diaryl/α,β-unsaturated/α-hetero) is 1. The number of nitrogens with two attached hydrogens (primary N) is 1. The third-order valence-electron chi connectivity index (χ3n) is 27.3. The first-order chi connectivity index (χ1) is 57.1. The van der Waals surface area contributed by atoms with E-state index < -0.39 is 143 Å². The summed E-state index contributed by atoms with van der Waals surface area (Å²) in [5.41, 5.74) is -2.32. The molecule has 23 nitrogen and oxygen atoms in total. The van der Waals surface area contributed by atoms with Crippen molar-refractivity contribution in [3.05, 3.63) is 159 Å². The molecule has 14 atom stereocenters. The maximum absolute atomic E-state index is 13.4. The molecule has 0 aliphatic carbocycles. The van der Waals surface area contributed by atoms with Crippen LogP contribution < -0.4 is 30.2 Å². The fraction of sp³-hybridized carbons (Fsp3) is 0.635. The SMILES string of the molecule is C.C.CC(C)(C)[Si](C)(C)Cl.CC(C)(C)[Si](C)(C)OC1CC2CCC1N2c1ccc(N)c(C(F)(F)F)c1.CC(C)(C)[Si](C)(C)OC1CC2CCC1N2c1ccc([N+](=O)[O-])c(C(F)(F)F)c1.O=C1CC2CCC1N2c1ccc([N+](=O)[O-])c(C(F)(F)F)c1.O=[N+]([O-])c1ccc(N2C3CCC2C(O)C3)cc1C(F)(F)F.O=[N+]([O-])c1ccc(N2C3CCC2C(O)C3)cc1C(F)(F)F. The molecule has 15 rings (SSSR count). The number of nitro groups is 4. The number of carbonyl (C=O) groups is 1. The zero-order chi connectivity index (χ0) is 93.6. The van der Waals surface area contributed by atoms with E-state index in [1.165, 1.54) is 36.4 Å². The van der Waals surface area contributed by atoms with Crippen LogP contribution in [0.3, 0.4) is 0 Å². The molecule has 0 aromatic heterocycles. The Hall–Kier alpha value is -8.10. The van der Waals surface area contributed by atoms with Gasteiger partial charge in [0.2, 0.25) is 0 Å². The van der Waals surface area contributed by atoms with Gasteiger partial charge in [-0.2, -0.15) is 76.9 Å². The van der Waals surface area contributed by atoms with Crippen LogP contribution in [0.5, 0.6) is 0 Å². The van der Waals surface area contributed by atoms with Crippen molar-refractivity contribution in [1.29, 1.82) is 0 Å². The zero-order valence-electron chi connectivity index (χ0n) is 71.9. The second kappa shape index (κ2) is 37.6. The number of ketones is 1. The van der Waals surface area contributed by atoms with Crippen LogP contribution in [-0.2, 0) is 44.5 Å². The Bertz CT molecular complexity index is 4700. The van der Waals surface area contributed by atoms with Crippen molar-refractivity contribution in [1.82, 2.24) is 0 Å². The molecule has 10 heterocycles. The average molecular weight is 1890 g/mol. The van der Waals surface area contributed by atoms with E-state index in [4.69, 9.17) is 25.7 Å². The van der Waals surface area contributed by atoms with Gasteiger partial charge in [-0.3, -0.25) is 45.3 Å². The van der Waals surface area contributed by atoms with Gasteiger partial charge >= 0.3 is 30.9 Å². The van der Waals surface area contributed by atoms with E-state index in [0.29, 0.717) is 42.1 Å². The number of aliphatic hydroxyl groups excluding tert-OH is 2. The van der Waals surface area contributed by atoms with Crippen molar-refractivity contribution in [3.8, 4) is 0 Å². The van der Waals surface area contributed by atoms with Gasteiger partial charge in [0, 0.05) is 95.0 Å². The fourth-order valence-corrected chi connectivity index (χ4v) is 20.9. The minimum Gasteiger partial charge on any atom is -0.412 e. The first kappa shape index (κ1) is 104. The molecule has 10 aliphatic rings. The number of nitro benzene ring substituents is 4. The van der Waals surface area contributed by atoms with Gasteiger partial charge in [-0.15, -0.1) is 0 Å². The van der Waals surface area contributed by atoms with Crippen LogP contribution in [0.2, 0.25) is 54.4 Å². The molecule has 42 heteroatoms. The summed E-state index contributed by atoms with van der Waals surface area (Å²) >= 11 is 6.15.